The topological polar surface area (TPSA) is 191 Å². The Bertz CT molecular complexity index is 737. The van der Waals surface area contributed by atoms with E-state index in [1.165, 1.54) is 26.4 Å². The summed E-state index contributed by atoms with van der Waals surface area (Å²) in [6, 6.07) is 0. The van der Waals surface area contributed by atoms with E-state index in [0.29, 0.717) is 11.4 Å². The predicted molar refractivity (Wildman–Crippen MR) is 104 cm³/mol. The molecule has 1 rings (SSSR count). The molecule has 0 aliphatic rings. The molecule has 0 aliphatic heterocycles. The number of hydrogen-bond acceptors (Lipinski definition) is 8. The highest BCUT2D eigenvalue weighted by Gasteiger charge is 2.35. The number of thioether (sulfide) groups is 1. The average Bonchev–Trinajstić information content (AvgIpc) is 3.17. The number of H-pyrrole nitrogens is 1. The van der Waals surface area contributed by atoms with Gasteiger partial charge in [0.05, 0.1) is 19.1 Å². The Morgan fingerprint density at radius 2 is 2.00 bits per heavy atom. The fourth-order valence-corrected chi connectivity index (χ4v) is 3.11. The van der Waals surface area contributed by atoms with Crippen LogP contribution in [0.4, 0.5) is 0 Å². The molecule has 0 aliphatic carbocycles. The Balaban J connectivity index is 2.22. The minimum atomic E-state index is -4.72. The molecule has 29 heavy (non-hydrogen) atoms. The molecule has 0 unspecified atom stereocenters. The maximum atomic E-state index is 12.0. The van der Waals surface area contributed by atoms with Gasteiger partial charge in [-0.2, -0.15) is 0 Å². The SMILES string of the molecule is CC(C)(COP(=O)(O)O)[C@@H](O)C(=O)NCCC(=O)NCCSC(=O)c1cnc[nH]1. The maximum Gasteiger partial charge on any atom is 0.469 e. The van der Waals surface area contributed by atoms with E-state index in [9.17, 15) is 24.1 Å². The van der Waals surface area contributed by atoms with E-state index in [2.05, 4.69) is 25.1 Å². The van der Waals surface area contributed by atoms with Gasteiger partial charge in [-0.3, -0.25) is 18.9 Å². The third-order valence-corrected chi connectivity index (χ3v) is 4.98. The Kier molecular flexibility index (Phi) is 9.96. The van der Waals surface area contributed by atoms with Gasteiger partial charge in [0.25, 0.3) is 0 Å². The largest absolute Gasteiger partial charge is 0.469 e. The zero-order valence-corrected chi connectivity index (χ0v) is 17.7. The lowest BCUT2D eigenvalue weighted by molar-refractivity contribution is -0.137. The zero-order chi connectivity index (χ0) is 22.1. The number of amides is 2. The highest BCUT2D eigenvalue weighted by Crippen LogP contribution is 2.38. The summed E-state index contributed by atoms with van der Waals surface area (Å²) in [4.78, 5) is 59.2. The van der Waals surface area contributed by atoms with Gasteiger partial charge in [-0.15, -0.1) is 0 Å². The zero-order valence-electron chi connectivity index (χ0n) is 16.0. The van der Waals surface area contributed by atoms with Crippen LogP contribution in [0.1, 0.15) is 30.8 Å². The molecule has 1 atom stereocenters. The monoisotopic (exact) mass is 452 g/mol. The highest BCUT2D eigenvalue weighted by molar-refractivity contribution is 8.14. The van der Waals surface area contributed by atoms with Gasteiger partial charge < -0.3 is 30.5 Å². The maximum absolute atomic E-state index is 12.0. The molecule has 1 heterocycles. The fourth-order valence-electron chi connectivity index (χ4n) is 1.95. The molecule has 1 aromatic heterocycles. The van der Waals surface area contributed by atoms with Crippen molar-refractivity contribution in [3.63, 3.8) is 0 Å². The van der Waals surface area contributed by atoms with Crippen LogP contribution in [0.25, 0.3) is 0 Å². The summed E-state index contributed by atoms with van der Waals surface area (Å²) in [5, 5.41) is 14.8. The van der Waals surface area contributed by atoms with Gasteiger partial charge in [0.2, 0.25) is 16.9 Å². The third-order valence-electron chi connectivity index (χ3n) is 3.62. The highest BCUT2D eigenvalue weighted by atomic mass is 32.2. The van der Waals surface area contributed by atoms with Crippen molar-refractivity contribution in [1.82, 2.24) is 20.6 Å². The van der Waals surface area contributed by atoms with Crippen LogP contribution in [0.15, 0.2) is 12.5 Å². The van der Waals surface area contributed by atoms with E-state index in [0.717, 1.165) is 11.8 Å². The van der Waals surface area contributed by atoms with Gasteiger partial charge >= 0.3 is 7.82 Å². The standard InChI is InChI=1S/C15H25N4O8PS/c1-15(2,8-27-28(24,25)26)12(21)13(22)18-4-3-11(20)17-5-6-29-14(23)10-7-16-9-19-10/h7,9,12,21H,3-6,8H2,1-2H3,(H,16,19)(H,17,20)(H,18,22)(H2,24,25,26)/t12-/m0/s1. The van der Waals surface area contributed by atoms with Crippen molar-refractivity contribution in [2.45, 2.75) is 26.4 Å². The molecule has 0 bridgehead atoms. The molecular formula is C15H25N4O8PS. The van der Waals surface area contributed by atoms with Crippen LogP contribution in [0.2, 0.25) is 0 Å². The van der Waals surface area contributed by atoms with Crippen LogP contribution in [-0.4, -0.2) is 73.3 Å². The molecule has 1 aromatic rings. The van der Waals surface area contributed by atoms with E-state index >= 15 is 0 Å². The molecule has 12 nitrogen and oxygen atoms in total. The predicted octanol–water partition coefficient (Wildman–Crippen LogP) is -0.598. The smallest absolute Gasteiger partial charge is 0.383 e. The number of rotatable bonds is 12. The Morgan fingerprint density at radius 3 is 2.59 bits per heavy atom. The number of phosphoric acid groups is 1. The molecule has 14 heteroatoms. The van der Waals surface area contributed by atoms with Crippen LogP contribution >= 0.6 is 19.6 Å². The first-order chi connectivity index (χ1) is 13.4. The van der Waals surface area contributed by atoms with Crippen molar-refractivity contribution in [3.8, 4) is 0 Å². The molecule has 6 N–H and O–H groups in total. The second kappa shape index (κ2) is 11.4. The van der Waals surface area contributed by atoms with E-state index in [4.69, 9.17) is 9.79 Å². The molecule has 0 radical (unpaired) electrons. The van der Waals surface area contributed by atoms with Crippen molar-refractivity contribution in [2.24, 2.45) is 5.41 Å². The van der Waals surface area contributed by atoms with Crippen molar-refractivity contribution in [2.75, 3.05) is 25.4 Å². The molecule has 0 aromatic carbocycles. The lowest BCUT2D eigenvalue weighted by atomic mass is 9.87. The number of imidazole rings is 1. The number of carbonyl (C=O) groups is 3. The second-order valence-electron chi connectivity index (χ2n) is 6.65. The Hall–Kier alpha value is -1.76. The first kappa shape index (κ1) is 25.3. The van der Waals surface area contributed by atoms with Gasteiger partial charge in [-0.25, -0.2) is 9.55 Å². The lowest BCUT2D eigenvalue weighted by Crippen LogP contribution is -2.46. The summed E-state index contributed by atoms with van der Waals surface area (Å²) in [7, 11) is -4.72. The molecule has 0 spiro atoms. The number of nitrogens with one attached hydrogen (secondary N) is 3. The first-order valence-electron chi connectivity index (χ1n) is 8.50. The summed E-state index contributed by atoms with van der Waals surface area (Å²) < 4.78 is 15.1. The quantitative estimate of drug-likeness (QED) is 0.176. The van der Waals surface area contributed by atoms with E-state index in [1.54, 1.807) is 0 Å². The second-order valence-corrected chi connectivity index (χ2v) is 8.95. The van der Waals surface area contributed by atoms with E-state index in [1.807, 2.05) is 0 Å². The Labute approximate surface area is 171 Å². The lowest BCUT2D eigenvalue weighted by Gasteiger charge is -2.29. The van der Waals surface area contributed by atoms with E-state index < -0.39 is 31.9 Å². The van der Waals surface area contributed by atoms with Gasteiger partial charge in [-0.1, -0.05) is 25.6 Å². The summed E-state index contributed by atoms with van der Waals surface area (Å²) in [6.45, 7) is 2.48. The van der Waals surface area contributed by atoms with Crippen molar-refractivity contribution < 1.29 is 38.4 Å². The van der Waals surface area contributed by atoms with Crippen molar-refractivity contribution in [1.29, 1.82) is 0 Å². The van der Waals surface area contributed by atoms with E-state index in [-0.39, 0.29) is 30.5 Å². The van der Waals surface area contributed by atoms with Gasteiger partial charge in [-0.05, 0) is 0 Å². The molecular weight excluding hydrogens is 427 g/mol. The normalized spacial score (nSPS) is 13.0. The van der Waals surface area contributed by atoms with Crippen molar-refractivity contribution in [3.05, 3.63) is 18.2 Å². The van der Waals surface area contributed by atoms with Gasteiger partial charge in [0.15, 0.2) is 0 Å². The Morgan fingerprint density at radius 1 is 1.31 bits per heavy atom. The first-order valence-corrected chi connectivity index (χ1v) is 11.0. The molecule has 0 fully saturated rings. The minimum absolute atomic E-state index is 0.0443. The van der Waals surface area contributed by atoms with Crippen molar-refractivity contribution >= 4 is 36.5 Å². The number of aromatic nitrogens is 2. The van der Waals surface area contributed by atoms with Gasteiger partial charge in [0, 0.05) is 30.7 Å². The summed E-state index contributed by atoms with van der Waals surface area (Å²) in [5.41, 5.74) is -0.886. The average molecular weight is 452 g/mol. The minimum Gasteiger partial charge on any atom is -0.383 e. The van der Waals surface area contributed by atoms with Crippen LogP contribution < -0.4 is 10.6 Å². The van der Waals surface area contributed by atoms with Gasteiger partial charge in [0.1, 0.15) is 11.8 Å². The number of aliphatic hydroxyl groups is 1. The van der Waals surface area contributed by atoms with Crippen LogP contribution in [0, 0.1) is 5.41 Å². The van der Waals surface area contributed by atoms with Crippen LogP contribution in [0.5, 0.6) is 0 Å². The summed E-state index contributed by atoms with van der Waals surface area (Å²) >= 11 is 1.02. The number of aliphatic hydroxyl groups excluding tert-OH is 1. The number of hydrogen-bond donors (Lipinski definition) is 6. The van der Waals surface area contributed by atoms with Crippen LogP contribution in [-0.2, 0) is 18.7 Å². The summed E-state index contributed by atoms with van der Waals surface area (Å²) in [5.74, 6) is -0.779. The third kappa shape index (κ3) is 10.0. The fraction of sp³-hybridized carbons (Fsp3) is 0.600. The molecule has 0 saturated heterocycles. The van der Waals surface area contributed by atoms with Crippen LogP contribution in [0.3, 0.4) is 0 Å². The molecule has 2 amide bonds. The molecule has 164 valence electrons. The number of carbonyl (C=O) groups excluding carboxylic acids is 3. The summed E-state index contributed by atoms with van der Waals surface area (Å²) in [6.07, 6.45) is 1.16. The number of phosphoric ester groups is 1. The number of aromatic amines is 1. The molecule has 0 saturated carbocycles. The number of nitrogens with zero attached hydrogens (tertiary/aromatic N) is 1.